The molecule has 0 radical (unpaired) electrons. The second-order valence-electron chi connectivity index (χ2n) is 5.15. The maximum atomic E-state index is 12.2. The quantitative estimate of drug-likeness (QED) is 0.895. The fourth-order valence-corrected chi connectivity index (χ4v) is 2.84. The number of nitrogens with one attached hydrogen (secondary N) is 1. The number of ether oxygens (including phenoxy) is 1. The zero-order chi connectivity index (χ0) is 14.5. The molecular weight excluding hydrogens is 320 g/mol. The summed E-state index contributed by atoms with van der Waals surface area (Å²) < 4.78 is 6.15. The van der Waals surface area contributed by atoms with Crippen LogP contribution in [0.2, 0.25) is 0 Å². The minimum Gasteiger partial charge on any atom is -0.496 e. The Bertz CT molecular complexity index is 473. The molecule has 5 heteroatoms. The fraction of sp³-hybridized carbons (Fsp3) is 0.533. The molecule has 110 valence electrons. The van der Waals surface area contributed by atoms with Gasteiger partial charge >= 0.3 is 0 Å². The molecular formula is C15H21BrN2O2. The Kier molecular flexibility index (Phi) is 5.43. The van der Waals surface area contributed by atoms with Gasteiger partial charge in [0.05, 0.1) is 12.7 Å². The van der Waals surface area contributed by atoms with Crippen LogP contribution >= 0.6 is 15.9 Å². The van der Waals surface area contributed by atoms with Crippen LogP contribution in [0, 0.1) is 0 Å². The number of hydrogen-bond donors (Lipinski definition) is 1. The van der Waals surface area contributed by atoms with Crippen molar-refractivity contribution in [2.24, 2.45) is 0 Å². The van der Waals surface area contributed by atoms with Crippen LogP contribution in [0.3, 0.4) is 0 Å². The van der Waals surface area contributed by atoms with Crippen molar-refractivity contribution in [1.29, 1.82) is 0 Å². The molecule has 1 amide bonds. The summed E-state index contributed by atoms with van der Waals surface area (Å²) in [4.78, 5) is 14.6. The Hall–Kier alpha value is -1.07. The van der Waals surface area contributed by atoms with E-state index in [-0.39, 0.29) is 5.91 Å². The number of nitrogens with zero attached hydrogens (tertiary/aromatic N) is 1. The molecule has 1 aliphatic rings. The Morgan fingerprint density at radius 1 is 1.45 bits per heavy atom. The van der Waals surface area contributed by atoms with E-state index < -0.39 is 0 Å². The van der Waals surface area contributed by atoms with E-state index in [1.807, 2.05) is 6.07 Å². The Morgan fingerprint density at radius 3 is 2.80 bits per heavy atom. The highest BCUT2D eigenvalue weighted by Gasteiger charge is 2.19. The lowest BCUT2D eigenvalue weighted by molar-refractivity contribution is 0.0937. The summed E-state index contributed by atoms with van der Waals surface area (Å²) in [6.07, 6.45) is 2.53. The second kappa shape index (κ2) is 7.09. The SMILES string of the molecule is COc1cc(Br)ccc1C(=O)NCC(C)N1CCCC1. The van der Waals surface area contributed by atoms with E-state index >= 15 is 0 Å². The monoisotopic (exact) mass is 340 g/mol. The number of amides is 1. The average molecular weight is 341 g/mol. The van der Waals surface area contributed by atoms with Crippen molar-refractivity contribution >= 4 is 21.8 Å². The van der Waals surface area contributed by atoms with Crippen LogP contribution in [0.1, 0.15) is 30.1 Å². The highest BCUT2D eigenvalue weighted by Crippen LogP contribution is 2.23. The van der Waals surface area contributed by atoms with Gasteiger partial charge in [-0.3, -0.25) is 9.69 Å². The lowest BCUT2D eigenvalue weighted by Gasteiger charge is -2.24. The van der Waals surface area contributed by atoms with Crippen molar-refractivity contribution < 1.29 is 9.53 Å². The Morgan fingerprint density at radius 2 is 2.15 bits per heavy atom. The molecule has 1 atom stereocenters. The third-order valence-corrected chi connectivity index (χ3v) is 4.22. The van der Waals surface area contributed by atoms with Crippen molar-refractivity contribution in [2.45, 2.75) is 25.8 Å². The number of halogens is 1. The van der Waals surface area contributed by atoms with Crippen LogP contribution < -0.4 is 10.1 Å². The molecule has 2 rings (SSSR count). The van der Waals surface area contributed by atoms with Gasteiger partial charge in [-0.15, -0.1) is 0 Å². The van der Waals surface area contributed by atoms with Crippen LogP contribution in [0.5, 0.6) is 5.75 Å². The summed E-state index contributed by atoms with van der Waals surface area (Å²) in [5, 5.41) is 2.99. The molecule has 20 heavy (non-hydrogen) atoms. The molecule has 4 nitrogen and oxygen atoms in total. The van der Waals surface area contributed by atoms with Crippen LogP contribution in [-0.2, 0) is 0 Å². The summed E-state index contributed by atoms with van der Waals surface area (Å²) in [6.45, 7) is 5.10. The lowest BCUT2D eigenvalue weighted by Crippen LogP contribution is -2.40. The maximum absolute atomic E-state index is 12.2. The first-order chi connectivity index (χ1) is 9.61. The molecule has 1 unspecified atom stereocenters. The lowest BCUT2D eigenvalue weighted by atomic mass is 10.2. The molecule has 0 spiro atoms. The van der Waals surface area contributed by atoms with Crippen molar-refractivity contribution in [3.05, 3.63) is 28.2 Å². The van der Waals surface area contributed by atoms with Gasteiger partial charge in [0.1, 0.15) is 5.75 Å². The highest BCUT2D eigenvalue weighted by molar-refractivity contribution is 9.10. The molecule has 0 aliphatic carbocycles. The van der Waals surface area contributed by atoms with Gasteiger partial charge in [-0.2, -0.15) is 0 Å². The van der Waals surface area contributed by atoms with Crippen LogP contribution in [-0.4, -0.2) is 43.6 Å². The van der Waals surface area contributed by atoms with Crippen LogP contribution in [0.4, 0.5) is 0 Å². The zero-order valence-corrected chi connectivity index (χ0v) is 13.6. The summed E-state index contributed by atoms with van der Waals surface area (Å²) in [7, 11) is 1.57. The van der Waals surface area contributed by atoms with E-state index in [0.717, 1.165) is 17.6 Å². The second-order valence-corrected chi connectivity index (χ2v) is 6.06. The highest BCUT2D eigenvalue weighted by atomic mass is 79.9. The third kappa shape index (κ3) is 3.73. The molecule has 1 aromatic rings. The minimum absolute atomic E-state index is 0.0830. The van der Waals surface area contributed by atoms with E-state index in [0.29, 0.717) is 23.9 Å². The number of methoxy groups -OCH3 is 1. The number of carbonyl (C=O) groups excluding carboxylic acids is 1. The average Bonchev–Trinajstić information content (AvgIpc) is 2.98. The van der Waals surface area contributed by atoms with Gasteiger partial charge in [0.15, 0.2) is 0 Å². The first-order valence-electron chi connectivity index (χ1n) is 6.97. The van der Waals surface area contributed by atoms with Crippen LogP contribution in [0.25, 0.3) is 0 Å². The zero-order valence-electron chi connectivity index (χ0n) is 12.0. The normalized spacial score (nSPS) is 16.9. The first kappa shape index (κ1) is 15.3. The fourth-order valence-electron chi connectivity index (χ4n) is 2.50. The van der Waals surface area contributed by atoms with Crippen molar-refractivity contribution in [1.82, 2.24) is 10.2 Å². The van der Waals surface area contributed by atoms with Crippen molar-refractivity contribution in [2.75, 3.05) is 26.7 Å². The summed E-state index contributed by atoms with van der Waals surface area (Å²) in [6, 6.07) is 5.81. The number of likely N-dealkylation sites (tertiary alicyclic amines) is 1. The number of carbonyl (C=O) groups is 1. The molecule has 0 aromatic heterocycles. The summed E-state index contributed by atoms with van der Waals surface area (Å²) in [5.74, 6) is 0.506. The van der Waals surface area contributed by atoms with E-state index in [9.17, 15) is 4.79 Å². The van der Waals surface area contributed by atoms with Gasteiger partial charge < -0.3 is 10.1 Å². The van der Waals surface area contributed by atoms with Crippen molar-refractivity contribution in [3.63, 3.8) is 0 Å². The van der Waals surface area contributed by atoms with E-state index in [4.69, 9.17) is 4.74 Å². The summed E-state index contributed by atoms with van der Waals surface area (Å²) in [5.41, 5.74) is 0.573. The predicted molar refractivity (Wildman–Crippen MR) is 83.3 cm³/mol. The van der Waals surface area contributed by atoms with Crippen molar-refractivity contribution in [3.8, 4) is 5.75 Å². The van der Waals surface area contributed by atoms with E-state index in [2.05, 4.69) is 33.1 Å². The van der Waals surface area contributed by atoms with Crippen LogP contribution in [0.15, 0.2) is 22.7 Å². The minimum atomic E-state index is -0.0830. The maximum Gasteiger partial charge on any atom is 0.255 e. The molecule has 1 fully saturated rings. The number of benzene rings is 1. The molecule has 0 saturated carbocycles. The summed E-state index contributed by atoms with van der Waals surface area (Å²) >= 11 is 3.37. The Balaban J connectivity index is 1.94. The molecule has 1 heterocycles. The van der Waals surface area contributed by atoms with Gasteiger partial charge in [-0.05, 0) is 51.1 Å². The van der Waals surface area contributed by atoms with E-state index in [1.54, 1.807) is 19.2 Å². The third-order valence-electron chi connectivity index (χ3n) is 3.73. The van der Waals surface area contributed by atoms with Gasteiger partial charge in [0.25, 0.3) is 5.91 Å². The molecule has 1 saturated heterocycles. The Labute approximate surface area is 128 Å². The first-order valence-corrected chi connectivity index (χ1v) is 7.77. The topological polar surface area (TPSA) is 41.6 Å². The molecule has 1 aliphatic heterocycles. The van der Waals surface area contributed by atoms with Gasteiger partial charge in [-0.1, -0.05) is 15.9 Å². The van der Waals surface area contributed by atoms with E-state index in [1.165, 1.54) is 12.8 Å². The smallest absolute Gasteiger partial charge is 0.255 e. The van der Waals surface area contributed by atoms with Gasteiger partial charge in [-0.25, -0.2) is 0 Å². The predicted octanol–water partition coefficient (Wildman–Crippen LogP) is 2.67. The number of rotatable bonds is 5. The number of hydrogen-bond acceptors (Lipinski definition) is 3. The molecule has 0 bridgehead atoms. The largest absolute Gasteiger partial charge is 0.496 e. The standard InChI is InChI=1S/C15H21BrN2O2/c1-11(18-7-3-4-8-18)10-17-15(19)13-6-5-12(16)9-14(13)20-2/h5-6,9,11H,3-4,7-8,10H2,1-2H3,(H,17,19). The molecule has 1 aromatic carbocycles. The van der Waals surface area contributed by atoms with Gasteiger partial charge in [0.2, 0.25) is 0 Å². The molecule has 1 N–H and O–H groups in total. The van der Waals surface area contributed by atoms with Gasteiger partial charge in [0, 0.05) is 17.1 Å².